The van der Waals surface area contributed by atoms with Gasteiger partial charge in [0.05, 0.1) is 12.0 Å². The summed E-state index contributed by atoms with van der Waals surface area (Å²) in [7, 11) is 0. The summed E-state index contributed by atoms with van der Waals surface area (Å²) in [6.45, 7) is 2.05. The van der Waals surface area contributed by atoms with Gasteiger partial charge in [-0.25, -0.2) is 0 Å². The molecule has 1 amide bonds. The average Bonchev–Trinajstić information content (AvgIpc) is 2.63. The SMILES string of the molecule is CCCc1c(C(N)=O)c(Oc2ccc(CC(=O)O)cc2)cc2ccccc12. The number of ether oxygens (including phenoxy) is 1. The Labute approximate surface area is 157 Å². The topological polar surface area (TPSA) is 89.6 Å². The Morgan fingerprint density at radius 2 is 1.78 bits per heavy atom. The molecule has 0 unspecified atom stereocenters. The summed E-state index contributed by atoms with van der Waals surface area (Å²) in [5, 5.41) is 10.8. The van der Waals surface area contributed by atoms with Gasteiger partial charge in [0.25, 0.3) is 5.91 Å². The molecule has 3 aromatic carbocycles. The normalized spacial score (nSPS) is 10.7. The predicted octanol–water partition coefficient (Wildman–Crippen LogP) is 4.31. The van der Waals surface area contributed by atoms with Gasteiger partial charge in [-0.3, -0.25) is 9.59 Å². The Hall–Kier alpha value is -3.34. The zero-order valence-corrected chi connectivity index (χ0v) is 15.1. The summed E-state index contributed by atoms with van der Waals surface area (Å²) in [5.74, 6) is -0.486. The van der Waals surface area contributed by atoms with Crippen LogP contribution >= 0.6 is 0 Å². The van der Waals surface area contributed by atoms with Crippen LogP contribution in [-0.2, 0) is 17.6 Å². The van der Waals surface area contributed by atoms with E-state index in [-0.39, 0.29) is 6.42 Å². The predicted molar refractivity (Wildman–Crippen MR) is 104 cm³/mol. The zero-order valence-electron chi connectivity index (χ0n) is 15.1. The van der Waals surface area contributed by atoms with Crippen molar-refractivity contribution in [3.8, 4) is 11.5 Å². The van der Waals surface area contributed by atoms with Crippen LogP contribution in [0.3, 0.4) is 0 Å². The van der Waals surface area contributed by atoms with Crippen LogP contribution in [0.4, 0.5) is 0 Å². The molecule has 0 bridgehead atoms. The number of hydrogen-bond acceptors (Lipinski definition) is 3. The summed E-state index contributed by atoms with van der Waals surface area (Å²) in [6, 6.07) is 16.4. The molecule has 0 saturated carbocycles. The molecule has 138 valence electrons. The standard InChI is InChI=1S/C22H21NO4/c1-2-5-18-17-7-4-3-6-15(17)13-19(21(18)22(23)26)27-16-10-8-14(9-11-16)12-20(24)25/h3-4,6-11,13H,2,5,12H2,1H3,(H2,23,26)(H,24,25). The molecular weight excluding hydrogens is 342 g/mol. The summed E-state index contributed by atoms with van der Waals surface area (Å²) < 4.78 is 5.98. The van der Waals surface area contributed by atoms with E-state index in [1.54, 1.807) is 24.3 Å². The number of fused-ring (bicyclic) bond motifs is 1. The Balaban J connectivity index is 2.06. The number of nitrogens with two attached hydrogens (primary N) is 1. The number of hydrogen-bond donors (Lipinski definition) is 2. The van der Waals surface area contributed by atoms with Crippen LogP contribution in [0.2, 0.25) is 0 Å². The van der Waals surface area contributed by atoms with E-state index in [0.29, 0.717) is 29.0 Å². The number of aryl methyl sites for hydroxylation is 1. The lowest BCUT2D eigenvalue weighted by molar-refractivity contribution is -0.136. The number of rotatable bonds is 7. The van der Waals surface area contributed by atoms with Gasteiger partial charge in [0.2, 0.25) is 0 Å². The lowest BCUT2D eigenvalue weighted by Crippen LogP contribution is -2.15. The minimum atomic E-state index is -0.890. The molecule has 0 atom stereocenters. The molecule has 0 aliphatic carbocycles. The van der Waals surface area contributed by atoms with Crippen molar-refractivity contribution in [2.45, 2.75) is 26.2 Å². The van der Waals surface area contributed by atoms with Gasteiger partial charge in [0.15, 0.2) is 0 Å². The molecular formula is C22H21NO4. The van der Waals surface area contributed by atoms with E-state index in [2.05, 4.69) is 0 Å². The molecule has 0 spiro atoms. The molecule has 0 aliphatic heterocycles. The van der Waals surface area contributed by atoms with Crippen molar-refractivity contribution in [3.63, 3.8) is 0 Å². The van der Waals surface area contributed by atoms with Gasteiger partial charge in [0.1, 0.15) is 11.5 Å². The first-order chi connectivity index (χ1) is 13.0. The summed E-state index contributed by atoms with van der Waals surface area (Å²) in [5.41, 5.74) is 7.64. The first-order valence-corrected chi connectivity index (χ1v) is 8.82. The fourth-order valence-corrected chi connectivity index (χ4v) is 3.23. The molecule has 0 heterocycles. The van der Waals surface area contributed by atoms with Crippen molar-refractivity contribution in [3.05, 3.63) is 71.3 Å². The highest BCUT2D eigenvalue weighted by Gasteiger charge is 2.19. The van der Waals surface area contributed by atoms with Crippen LogP contribution in [0.25, 0.3) is 10.8 Å². The van der Waals surface area contributed by atoms with Crippen LogP contribution in [0.5, 0.6) is 11.5 Å². The second-order valence-corrected chi connectivity index (χ2v) is 6.38. The Kier molecular flexibility index (Phi) is 5.41. The first-order valence-electron chi connectivity index (χ1n) is 8.82. The summed E-state index contributed by atoms with van der Waals surface area (Å²) in [6.07, 6.45) is 1.54. The molecule has 0 saturated heterocycles. The first kappa shape index (κ1) is 18.5. The van der Waals surface area contributed by atoms with E-state index < -0.39 is 11.9 Å². The maximum Gasteiger partial charge on any atom is 0.307 e. The van der Waals surface area contributed by atoms with Crippen molar-refractivity contribution in [1.82, 2.24) is 0 Å². The Bertz CT molecular complexity index is 993. The molecule has 0 aromatic heterocycles. The highest BCUT2D eigenvalue weighted by molar-refractivity contribution is 6.03. The summed E-state index contributed by atoms with van der Waals surface area (Å²) in [4.78, 5) is 23.0. The molecule has 3 rings (SSSR count). The zero-order chi connectivity index (χ0) is 19.4. The maximum atomic E-state index is 12.2. The number of carbonyl (C=O) groups is 2. The molecule has 0 fully saturated rings. The number of amides is 1. The molecule has 5 nitrogen and oxygen atoms in total. The third kappa shape index (κ3) is 4.08. The fraction of sp³-hybridized carbons (Fsp3) is 0.182. The fourth-order valence-electron chi connectivity index (χ4n) is 3.23. The number of carbonyl (C=O) groups excluding carboxylic acids is 1. The van der Waals surface area contributed by atoms with Gasteiger partial charge >= 0.3 is 5.97 Å². The van der Waals surface area contributed by atoms with Gasteiger partial charge < -0.3 is 15.6 Å². The number of carboxylic acids is 1. The molecule has 3 N–H and O–H groups in total. The van der Waals surface area contributed by atoms with Gasteiger partial charge in [-0.05, 0) is 46.5 Å². The van der Waals surface area contributed by atoms with Gasteiger partial charge in [-0.15, -0.1) is 0 Å². The molecule has 5 heteroatoms. The number of primary amides is 1. The maximum absolute atomic E-state index is 12.2. The molecule has 27 heavy (non-hydrogen) atoms. The van der Waals surface area contributed by atoms with Gasteiger partial charge in [0, 0.05) is 0 Å². The van der Waals surface area contributed by atoms with E-state index >= 15 is 0 Å². The highest BCUT2D eigenvalue weighted by Crippen LogP contribution is 2.34. The van der Waals surface area contributed by atoms with Gasteiger partial charge in [-0.2, -0.15) is 0 Å². The van der Waals surface area contributed by atoms with Crippen LogP contribution in [0, 0.1) is 0 Å². The molecule has 0 radical (unpaired) electrons. The number of benzene rings is 3. The number of carboxylic acid groups (broad SMARTS) is 1. The largest absolute Gasteiger partial charge is 0.481 e. The van der Waals surface area contributed by atoms with Crippen molar-refractivity contribution >= 4 is 22.6 Å². The van der Waals surface area contributed by atoms with Gasteiger partial charge in [-0.1, -0.05) is 49.7 Å². The lowest BCUT2D eigenvalue weighted by Gasteiger charge is -2.16. The second kappa shape index (κ2) is 7.91. The van der Waals surface area contributed by atoms with E-state index in [1.165, 1.54) is 0 Å². The molecule has 3 aromatic rings. The van der Waals surface area contributed by atoms with Crippen molar-refractivity contribution in [2.75, 3.05) is 0 Å². The van der Waals surface area contributed by atoms with E-state index in [9.17, 15) is 9.59 Å². The lowest BCUT2D eigenvalue weighted by atomic mass is 9.94. The third-order valence-corrected chi connectivity index (χ3v) is 4.37. The summed E-state index contributed by atoms with van der Waals surface area (Å²) >= 11 is 0. The smallest absolute Gasteiger partial charge is 0.307 e. The Morgan fingerprint density at radius 3 is 2.41 bits per heavy atom. The van der Waals surface area contributed by atoms with E-state index in [0.717, 1.165) is 22.8 Å². The minimum absolute atomic E-state index is 0.0521. The Morgan fingerprint density at radius 1 is 1.07 bits per heavy atom. The van der Waals surface area contributed by atoms with E-state index in [1.807, 2.05) is 37.3 Å². The number of aliphatic carboxylic acids is 1. The monoisotopic (exact) mass is 363 g/mol. The van der Waals surface area contributed by atoms with E-state index in [4.69, 9.17) is 15.6 Å². The van der Waals surface area contributed by atoms with Crippen LogP contribution < -0.4 is 10.5 Å². The average molecular weight is 363 g/mol. The van der Waals surface area contributed by atoms with Crippen molar-refractivity contribution < 1.29 is 19.4 Å². The van der Waals surface area contributed by atoms with Crippen molar-refractivity contribution in [2.24, 2.45) is 5.73 Å². The van der Waals surface area contributed by atoms with Crippen LogP contribution in [0.1, 0.15) is 34.8 Å². The van der Waals surface area contributed by atoms with Crippen molar-refractivity contribution in [1.29, 1.82) is 0 Å². The quantitative estimate of drug-likeness (QED) is 0.654. The van der Waals surface area contributed by atoms with Crippen LogP contribution in [0.15, 0.2) is 54.6 Å². The third-order valence-electron chi connectivity index (χ3n) is 4.37. The van der Waals surface area contributed by atoms with Crippen LogP contribution in [-0.4, -0.2) is 17.0 Å². The molecule has 0 aliphatic rings. The minimum Gasteiger partial charge on any atom is -0.481 e. The second-order valence-electron chi connectivity index (χ2n) is 6.38. The highest BCUT2D eigenvalue weighted by atomic mass is 16.5.